The number of aromatic nitrogens is 3. The van der Waals surface area contributed by atoms with Crippen LogP contribution >= 0.6 is 0 Å². The van der Waals surface area contributed by atoms with Crippen LogP contribution in [0, 0.1) is 6.92 Å². The maximum absolute atomic E-state index is 12.8. The highest BCUT2D eigenvalue weighted by Gasteiger charge is 2.25. The molecule has 0 aliphatic rings. The molecular formula is C18H29N5O. The van der Waals surface area contributed by atoms with Gasteiger partial charge in [0.2, 0.25) is 0 Å². The zero-order chi connectivity index (χ0) is 18.2. The van der Waals surface area contributed by atoms with Gasteiger partial charge in [-0.1, -0.05) is 13.8 Å². The number of nitrogens with zero attached hydrogens (tertiary/aromatic N) is 3. The molecule has 0 saturated carbocycles. The van der Waals surface area contributed by atoms with Gasteiger partial charge >= 0.3 is 0 Å². The molecule has 1 atom stereocenters. The number of carbonyl (C=O) groups is 1. The van der Waals surface area contributed by atoms with Crippen molar-refractivity contribution in [1.29, 1.82) is 0 Å². The first kappa shape index (κ1) is 18.4. The van der Waals surface area contributed by atoms with E-state index >= 15 is 0 Å². The van der Waals surface area contributed by atoms with E-state index in [-0.39, 0.29) is 23.4 Å². The summed E-state index contributed by atoms with van der Waals surface area (Å²) in [7, 11) is 0. The summed E-state index contributed by atoms with van der Waals surface area (Å²) in [5.41, 5.74) is 8.51. The minimum atomic E-state index is -0.215. The van der Waals surface area contributed by atoms with Crippen LogP contribution in [0.5, 0.6) is 0 Å². The Kier molecular flexibility index (Phi) is 4.99. The van der Waals surface area contributed by atoms with Crippen molar-refractivity contribution in [2.24, 2.45) is 5.73 Å². The lowest BCUT2D eigenvalue weighted by molar-refractivity contribution is 0.0942. The third-order valence-corrected chi connectivity index (χ3v) is 4.04. The maximum atomic E-state index is 12.8. The number of hydrogen-bond donors (Lipinski definition) is 2. The van der Waals surface area contributed by atoms with Gasteiger partial charge in [-0.25, -0.2) is 9.67 Å². The summed E-state index contributed by atoms with van der Waals surface area (Å²) in [5.74, 6) is 0.0929. The fourth-order valence-corrected chi connectivity index (χ4v) is 2.61. The summed E-state index contributed by atoms with van der Waals surface area (Å²) in [6.07, 6.45) is 0. The first-order chi connectivity index (χ1) is 11.1. The average Bonchev–Trinajstić information content (AvgIpc) is 2.83. The van der Waals surface area contributed by atoms with Gasteiger partial charge in [0.25, 0.3) is 5.91 Å². The van der Waals surface area contributed by atoms with E-state index in [4.69, 9.17) is 10.7 Å². The van der Waals surface area contributed by atoms with Crippen LogP contribution in [0.15, 0.2) is 6.07 Å². The van der Waals surface area contributed by atoms with Crippen LogP contribution in [-0.2, 0) is 5.54 Å². The van der Waals surface area contributed by atoms with Crippen LogP contribution in [-0.4, -0.2) is 33.3 Å². The Morgan fingerprint density at radius 3 is 2.46 bits per heavy atom. The lowest BCUT2D eigenvalue weighted by Gasteiger charge is -2.20. The highest BCUT2D eigenvalue weighted by Crippen LogP contribution is 2.28. The minimum Gasteiger partial charge on any atom is -0.348 e. The van der Waals surface area contributed by atoms with Crippen molar-refractivity contribution in [3.8, 4) is 0 Å². The predicted octanol–water partition coefficient (Wildman–Crippen LogP) is 2.70. The van der Waals surface area contributed by atoms with Crippen LogP contribution in [0.4, 0.5) is 0 Å². The van der Waals surface area contributed by atoms with Crippen molar-refractivity contribution in [3.63, 3.8) is 0 Å². The van der Waals surface area contributed by atoms with Crippen LogP contribution < -0.4 is 11.1 Å². The molecule has 1 amide bonds. The van der Waals surface area contributed by atoms with E-state index in [0.29, 0.717) is 12.1 Å². The Labute approximate surface area is 143 Å². The minimum absolute atomic E-state index is 0.0822. The van der Waals surface area contributed by atoms with Crippen molar-refractivity contribution >= 4 is 16.9 Å². The van der Waals surface area contributed by atoms with E-state index in [9.17, 15) is 4.79 Å². The molecule has 0 bridgehead atoms. The van der Waals surface area contributed by atoms with Crippen LogP contribution in [0.3, 0.4) is 0 Å². The van der Waals surface area contributed by atoms with E-state index in [2.05, 4.69) is 45.0 Å². The molecule has 24 heavy (non-hydrogen) atoms. The quantitative estimate of drug-likeness (QED) is 0.902. The van der Waals surface area contributed by atoms with Crippen LogP contribution in [0.2, 0.25) is 0 Å². The molecule has 2 heterocycles. The van der Waals surface area contributed by atoms with Gasteiger partial charge in [-0.05, 0) is 46.6 Å². The van der Waals surface area contributed by atoms with Crippen molar-refractivity contribution < 1.29 is 4.79 Å². The molecule has 0 aromatic carbocycles. The molecule has 132 valence electrons. The third-order valence-electron chi connectivity index (χ3n) is 4.04. The molecule has 0 saturated heterocycles. The summed E-state index contributed by atoms with van der Waals surface area (Å²) >= 11 is 0. The standard InChI is InChI=1S/C18H29N5O/c1-10(2)14-8-13(17(24)20-11(3)9-19)15-12(4)22-23(16(15)21-14)18(5,6)7/h8,10-11H,9,19H2,1-7H3,(H,20,24)/t11-/m0/s1. The predicted molar refractivity (Wildman–Crippen MR) is 97.3 cm³/mol. The monoisotopic (exact) mass is 331 g/mol. The Bertz CT molecular complexity index is 755. The van der Waals surface area contributed by atoms with Crippen LogP contribution in [0.25, 0.3) is 11.0 Å². The number of rotatable bonds is 4. The highest BCUT2D eigenvalue weighted by molar-refractivity contribution is 6.06. The largest absolute Gasteiger partial charge is 0.348 e. The molecular weight excluding hydrogens is 302 g/mol. The molecule has 0 unspecified atom stereocenters. The van der Waals surface area contributed by atoms with E-state index in [1.54, 1.807) is 0 Å². The van der Waals surface area contributed by atoms with Crippen molar-refractivity contribution in [2.75, 3.05) is 6.54 Å². The summed E-state index contributed by atoms with van der Waals surface area (Å²) < 4.78 is 1.91. The number of nitrogens with one attached hydrogen (secondary N) is 1. The summed E-state index contributed by atoms with van der Waals surface area (Å²) in [6.45, 7) is 14.6. The molecule has 6 heteroatoms. The van der Waals surface area contributed by atoms with E-state index in [0.717, 1.165) is 22.4 Å². The SMILES string of the molecule is Cc1nn(C(C)(C)C)c2nc(C(C)C)cc(C(=O)N[C@@H](C)CN)c12. The number of nitrogens with two attached hydrogens (primary N) is 1. The van der Waals surface area contributed by atoms with Crippen molar-refractivity contribution in [2.45, 2.75) is 66.0 Å². The summed E-state index contributed by atoms with van der Waals surface area (Å²) in [6, 6.07) is 1.80. The fraction of sp³-hybridized carbons (Fsp3) is 0.611. The van der Waals surface area contributed by atoms with E-state index < -0.39 is 0 Å². The fourth-order valence-electron chi connectivity index (χ4n) is 2.61. The number of amides is 1. The van der Waals surface area contributed by atoms with Crippen molar-refractivity contribution in [3.05, 3.63) is 23.0 Å². The molecule has 6 nitrogen and oxygen atoms in total. The van der Waals surface area contributed by atoms with Gasteiger partial charge in [-0.15, -0.1) is 0 Å². The van der Waals surface area contributed by atoms with E-state index in [1.165, 1.54) is 0 Å². The first-order valence-electron chi connectivity index (χ1n) is 8.48. The molecule has 0 aliphatic carbocycles. The highest BCUT2D eigenvalue weighted by atomic mass is 16.1. The summed E-state index contributed by atoms with van der Waals surface area (Å²) in [5, 5.41) is 8.42. The number of fused-ring (bicyclic) bond motifs is 1. The van der Waals surface area contributed by atoms with Gasteiger partial charge in [0.1, 0.15) is 0 Å². The second-order valence-electron chi connectivity index (χ2n) is 7.73. The second-order valence-corrected chi connectivity index (χ2v) is 7.73. The Balaban J connectivity index is 2.74. The van der Waals surface area contributed by atoms with Crippen molar-refractivity contribution in [1.82, 2.24) is 20.1 Å². The second kappa shape index (κ2) is 6.51. The van der Waals surface area contributed by atoms with Gasteiger partial charge < -0.3 is 11.1 Å². The lowest BCUT2D eigenvalue weighted by atomic mass is 10.0. The molecule has 0 fully saturated rings. The Morgan fingerprint density at radius 1 is 1.33 bits per heavy atom. The first-order valence-corrected chi connectivity index (χ1v) is 8.48. The lowest BCUT2D eigenvalue weighted by Crippen LogP contribution is -2.38. The third kappa shape index (κ3) is 3.43. The Morgan fingerprint density at radius 2 is 1.96 bits per heavy atom. The molecule has 2 rings (SSSR count). The summed E-state index contributed by atoms with van der Waals surface area (Å²) in [4.78, 5) is 17.6. The zero-order valence-corrected chi connectivity index (χ0v) is 15.8. The molecule has 2 aromatic rings. The normalized spacial score (nSPS) is 13.5. The van der Waals surface area contributed by atoms with Gasteiger partial charge in [-0.3, -0.25) is 4.79 Å². The number of aryl methyl sites for hydroxylation is 1. The number of hydrogen-bond acceptors (Lipinski definition) is 4. The van der Waals surface area contributed by atoms with Gasteiger partial charge in [0, 0.05) is 18.3 Å². The zero-order valence-electron chi connectivity index (χ0n) is 15.8. The van der Waals surface area contributed by atoms with Gasteiger partial charge in [0.05, 0.1) is 22.2 Å². The topological polar surface area (TPSA) is 85.8 Å². The number of pyridine rings is 1. The van der Waals surface area contributed by atoms with Gasteiger partial charge in [-0.2, -0.15) is 5.10 Å². The average molecular weight is 331 g/mol. The Hall–Kier alpha value is -1.95. The van der Waals surface area contributed by atoms with Crippen LogP contribution in [0.1, 0.15) is 69.2 Å². The molecule has 2 aromatic heterocycles. The maximum Gasteiger partial charge on any atom is 0.252 e. The van der Waals surface area contributed by atoms with E-state index in [1.807, 2.05) is 24.6 Å². The molecule has 0 spiro atoms. The number of carbonyl (C=O) groups excluding carboxylic acids is 1. The molecule has 3 N–H and O–H groups in total. The molecule has 0 radical (unpaired) electrons. The smallest absolute Gasteiger partial charge is 0.252 e. The van der Waals surface area contributed by atoms with Gasteiger partial charge in [0.15, 0.2) is 5.65 Å². The molecule has 0 aliphatic heterocycles.